The molecule has 2 aromatic heterocycles. The lowest BCUT2D eigenvalue weighted by atomic mass is 9.89. The zero-order valence-electron chi connectivity index (χ0n) is 14.2. The maximum absolute atomic E-state index is 13.8. The SMILES string of the molecule is C=CC(=O)N1C[C@H](Nc2ncnc3[nH]ccc23)c2ccc(F)cc2[C@@H]1C. The summed E-state index contributed by atoms with van der Waals surface area (Å²) in [6, 6.07) is 6.13. The van der Waals surface area contributed by atoms with E-state index in [-0.39, 0.29) is 23.8 Å². The molecule has 26 heavy (non-hydrogen) atoms. The lowest BCUT2D eigenvalue weighted by Gasteiger charge is -2.39. The van der Waals surface area contributed by atoms with Gasteiger partial charge in [-0.2, -0.15) is 0 Å². The third kappa shape index (κ3) is 2.61. The average Bonchev–Trinajstić information content (AvgIpc) is 3.13. The molecule has 1 aliphatic heterocycles. The van der Waals surface area contributed by atoms with Crippen LogP contribution in [0.25, 0.3) is 11.0 Å². The van der Waals surface area contributed by atoms with E-state index >= 15 is 0 Å². The van der Waals surface area contributed by atoms with Crippen LogP contribution in [-0.4, -0.2) is 32.3 Å². The zero-order valence-corrected chi connectivity index (χ0v) is 14.2. The smallest absolute Gasteiger partial charge is 0.246 e. The van der Waals surface area contributed by atoms with Gasteiger partial charge in [-0.05, 0) is 42.3 Å². The number of benzene rings is 1. The summed E-state index contributed by atoms with van der Waals surface area (Å²) in [5.74, 6) is 0.156. The summed E-state index contributed by atoms with van der Waals surface area (Å²) in [7, 11) is 0. The summed E-state index contributed by atoms with van der Waals surface area (Å²) < 4.78 is 13.8. The van der Waals surface area contributed by atoms with Gasteiger partial charge < -0.3 is 15.2 Å². The number of carbonyl (C=O) groups excluding carboxylic acids is 1. The number of amides is 1. The monoisotopic (exact) mass is 351 g/mol. The first-order valence-corrected chi connectivity index (χ1v) is 8.35. The second kappa shape index (κ2) is 6.25. The van der Waals surface area contributed by atoms with Gasteiger partial charge in [0.15, 0.2) is 0 Å². The second-order valence-corrected chi connectivity index (χ2v) is 6.30. The van der Waals surface area contributed by atoms with Gasteiger partial charge >= 0.3 is 0 Å². The molecule has 3 heterocycles. The predicted molar refractivity (Wildman–Crippen MR) is 97.0 cm³/mol. The van der Waals surface area contributed by atoms with Crippen molar-refractivity contribution in [2.45, 2.75) is 19.0 Å². The van der Waals surface area contributed by atoms with Crippen LogP contribution < -0.4 is 5.32 Å². The summed E-state index contributed by atoms with van der Waals surface area (Å²) >= 11 is 0. The van der Waals surface area contributed by atoms with Gasteiger partial charge in [-0.15, -0.1) is 0 Å². The maximum Gasteiger partial charge on any atom is 0.246 e. The first-order valence-electron chi connectivity index (χ1n) is 8.35. The Hall–Kier alpha value is -3.22. The second-order valence-electron chi connectivity index (χ2n) is 6.30. The largest absolute Gasteiger partial charge is 0.361 e. The van der Waals surface area contributed by atoms with Crippen LogP contribution in [0.2, 0.25) is 0 Å². The van der Waals surface area contributed by atoms with Crippen molar-refractivity contribution in [3.05, 3.63) is 66.4 Å². The van der Waals surface area contributed by atoms with Crippen LogP contribution >= 0.6 is 0 Å². The molecule has 0 radical (unpaired) electrons. The molecule has 0 spiro atoms. The standard InChI is InChI=1S/C19H18FN5O/c1-3-17(26)25-9-16(13-5-4-12(20)8-15(13)11(25)2)24-19-14-6-7-21-18(14)22-10-23-19/h3-8,10-11,16H,1,9H2,2H3,(H2,21,22,23,24)/t11-,16-/m0/s1. The van der Waals surface area contributed by atoms with Crippen molar-refractivity contribution in [3.63, 3.8) is 0 Å². The molecule has 7 heteroatoms. The number of fused-ring (bicyclic) bond motifs is 2. The number of H-pyrrole nitrogens is 1. The van der Waals surface area contributed by atoms with E-state index in [0.717, 1.165) is 22.2 Å². The van der Waals surface area contributed by atoms with Gasteiger partial charge in [0.25, 0.3) is 0 Å². The summed E-state index contributed by atoms with van der Waals surface area (Å²) in [6.45, 7) is 5.90. The summed E-state index contributed by atoms with van der Waals surface area (Å²) in [5.41, 5.74) is 2.46. The van der Waals surface area contributed by atoms with Crippen molar-refractivity contribution in [1.82, 2.24) is 19.9 Å². The fraction of sp³-hybridized carbons (Fsp3) is 0.211. The van der Waals surface area contributed by atoms with Crippen molar-refractivity contribution in [2.75, 3.05) is 11.9 Å². The number of rotatable bonds is 3. The van der Waals surface area contributed by atoms with E-state index in [1.165, 1.54) is 24.5 Å². The van der Waals surface area contributed by atoms with Crippen LogP contribution in [0.4, 0.5) is 10.2 Å². The number of hydrogen-bond acceptors (Lipinski definition) is 4. The van der Waals surface area contributed by atoms with Crippen molar-refractivity contribution < 1.29 is 9.18 Å². The summed E-state index contributed by atoms with van der Waals surface area (Å²) in [6.07, 6.45) is 4.56. The normalized spacial score (nSPS) is 19.2. The number of aromatic amines is 1. The molecule has 3 aromatic rings. The lowest BCUT2D eigenvalue weighted by molar-refractivity contribution is -0.128. The first-order chi connectivity index (χ1) is 12.6. The van der Waals surface area contributed by atoms with Crippen molar-refractivity contribution in [2.24, 2.45) is 0 Å². The number of hydrogen-bond donors (Lipinski definition) is 2. The highest BCUT2D eigenvalue weighted by molar-refractivity contribution is 5.88. The fourth-order valence-electron chi connectivity index (χ4n) is 3.52. The van der Waals surface area contributed by atoms with E-state index in [4.69, 9.17) is 0 Å². The molecule has 0 fully saturated rings. The van der Waals surface area contributed by atoms with Crippen LogP contribution in [0, 0.1) is 5.82 Å². The number of halogens is 1. The molecule has 0 bridgehead atoms. The van der Waals surface area contributed by atoms with Gasteiger partial charge in [0, 0.05) is 12.7 Å². The number of carbonyl (C=O) groups is 1. The quantitative estimate of drug-likeness (QED) is 0.710. The molecule has 6 nitrogen and oxygen atoms in total. The van der Waals surface area contributed by atoms with Crippen LogP contribution in [0.5, 0.6) is 0 Å². The van der Waals surface area contributed by atoms with Crippen LogP contribution in [-0.2, 0) is 4.79 Å². The van der Waals surface area contributed by atoms with E-state index in [2.05, 4.69) is 26.8 Å². The number of aromatic nitrogens is 3. The van der Waals surface area contributed by atoms with E-state index in [1.807, 2.05) is 13.0 Å². The average molecular weight is 351 g/mol. The van der Waals surface area contributed by atoms with Gasteiger partial charge in [-0.25, -0.2) is 14.4 Å². The summed E-state index contributed by atoms with van der Waals surface area (Å²) in [5, 5.41) is 4.25. The highest BCUT2D eigenvalue weighted by atomic mass is 19.1. The van der Waals surface area contributed by atoms with Crippen LogP contribution in [0.1, 0.15) is 30.1 Å². The minimum absolute atomic E-state index is 0.186. The maximum atomic E-state index is 13.8. The highest BCUT2D eigenvalue weighted by Crippen LogP contribution is 2.37. The summed E-state index contributed by atoms with van der Waals surface area (Å²) in [4.78, 5) is 25.5. The minimum Gasteiger partial charge on any atom is -0.361 e. The molecule has 0 unspecified atom stereocenters. The third-order valence-electron chi connectivity index (χ3n) is 4.84. The number of nitrogens with zero attached hydrogens (tertiary/aromatic N) is 3. The Labute approximate surface area is 149 Å². The molecule has 0 saturated heterocycles. The lowest BCUT2D eigenvalue weighted by Crippen LogP contribution is -2.42. The molecule has 132 valence electrons. The van der Waals surface area contributed by atoms with Gasteiger partial charge in [0.1, 0.15) is 23.6 Å². The molecular formula is C19H18FN5O. The van der Waals surface area contributed by atoms with E-state index in [9.17, 15) is 9.18 Å². The van der Waals surface area contributed by atoms with Gasteiger partial charge in [0.2, 0.25) is 5.91 Å². The van der Waals surface area contributed by atoms with Crippen LogP contribution in [0.3, 0.4) is 0 Å². The Bertz CT molecular complexity index is 999. The van der Waals surface area contributed by atoms with E-state index in [0.29, 0.717) is 12.4 Å². The van der Waals surface area contributed by atoms with Crippen LogP contribution in [0.15, 0.2) is 49.4 Å². The fourth-order valence-corrected chi connectivity index (χ4v) is 3.52. The Morgan fingerprint density at radius 1 is 1.38 bits per heavy atom. The van der Waals surface area contributed by atoms with Gasteiger partial charge in [-0.1, -0.05) is 12.6 Å². The Morgan fingerprint density at radius 3 is 3.04 bits per heavy atom. The molecule has 4 rings (SSSR count). The first kappa shape index (κ1) is 16.3. The molecule has 0 aliphatic carbocycles. The molecule has 2 atom stereocenters. The topological polar surface area (TPSA) is 73.9 Å². The zero-order chi connectivity index (χ0) is 18.3. The van der Waals surface area contributed by atoms with Crippen molar-refractivity contribution >= 4 is 22.8 Å². The third-order valence-corrected chi connectivity index (χ3v) is 4.84. The highest BCUT2D eigenvalue weighted by Gasteiger charge is 2.33. The van der Waals surface area contributed by atoms with E-state index < -0.39 is 0 Å². The molecule has 1 aromatic carbocycles. The van der Waals surface area contributed by atoms with Crippen molar-refractivity contribution in [3.8, 4) is 0 Å². The van der Waals surface area contributed by atoms with Gasteiger partial charge in [0.05, 0.1) is 17.5 Å². The number of anilines is 1. The predicted octanol–water partition coefficient (Wildman–Crippen LogP) is 3.34. The molecule has 1 aliphatic rings. The molecule has 2 N–H and O–H groups in total. The molecular weight excluding hydrogens is 333 g/mol. The van der Waals surface area contributed by atoms with Gasteiger partial charge in [-0.3, -0.25) is 4.79 Å². The van der Waals surface area contributed by atoms with E-state index in [1.54, 1.807) is 17.2 Å². The van der Waals surface area contributed by atoms with Crippen molar-refractivity contribution in [1.29, 1.82) is 0 Å². The Morgan fingerprint density at radius 2 is 2.23 bits per heavy atom. The molecule has 0 saturated carbocycles. The number of nitrogens with one attached hydrogen (secondary N) is 2. The Kier molecular flexibility index (Phi) is 3.91. The minimum atomic E-state index is -0.322. The Balaban J connectivity index is 1.77. The molecule has 1 amide bonds.